The molecule has 2 aliphatic heterocycles. The van der Waals surface area contributed by atoms with E-state index in [9.17, 15) is 0 Å². The van der Waals surface area contributed by atoms with Crippen molar-refractivity contribution < 1.29 is 4.39 Å². The lowest BCUT2D eigenvalue weighted by Gasteiger charge is -2.14. The molecule has 174 valence electrons. The van der Waals surface area contributed by atoms with Crippen LogP contribution in [0.5, 0.6) is 0 Å². The third-order valence-corrected chi connectivity index (χ3v) is 8.83. The van der Waals surface area contributed by atoms with Gasteiger partial charge in [-0.2, -0.15) is 0 Å². The Balaban J connectivity index is 0.974. The average Bonchev–Trinajstić information content (AvgIpc) is 3.45. The minimum atomic E-state index is -0.231. The van der Waals surface area contributed by atoms with E-state index >= 15 is 4.39 Å². The van der Waals surface area contributed by atoms with E-state index in [0.717, 1.165) is 57.9 Å². The number of piperidine rings is 1. The molecule has 4 nitrogen and oxygen atoms in total. The van der Waals surface area contributed by atoms with Crippen LogP contribution in [0.2, 0.25) is 0 Å². The summed E-state index contributed by atoms with van der Waals surface area (Å²) >= 11 is 0. The zero-order valence-corrected chi connectivity index (χ0v) is 19.5. The predicted octanol–water partition coefficient (Wildman–Crippen LogP) is 5.55. The summed E-state index contributed by atoms with van der Waals surface area (Å²) in [7, 11) is 0. The fourth-order valence-corrected chi connectivity index (χ4v) is 6.63. The van der Waals surface area contributed by atoms with Gasteiger partial charge in [0, 0.05) is 53.0 Å². The number of aromatic amines is 1. The van der Waals surface area contributed by atoms with Crippen LogP contribution in [-0.4, -0.2) is 27.8 Å². The van der Waals surface area contributed by atoms with Crippen molar-refractivity contribution in [1.82, 2.24) is 15.3 Å². The van der Waals surface area contributed by atoms with Gasteiger partial charge in [-0.05, 0) is 85.8 Å². The summed E-state index contributed by atoms with van der Waals surface area (Å²) in [4.78, 5) is 13.0. The van der Waals surface area contributed by atoms with Gasteiger partial charge in [0.15, 0.2) is 0 Å². The summed E-state index contributed by atoms with van der Waals surface area (Å²) in [6, 6.07) is 12.4. The fourth-order valence-electron chi connectivity index (χ4n) is 6.63. The highest BCUT2D eigenvalue weighted by Gasteiger charge is 2.48. The second-order valence-corrected chi connectivity index (χ2v) is 11.2. The van der Waals surface area contributed by atoms with Gasteiger partial charge in [0.05, 0.1) is 11.0 Å². The molecular weight excluding hydrogens is 435 g/mol. The number of halogens is 1. The second kappa shape index (κ2) is 7.38. The van der Waals surface area contributed by atoms with Crippen LogP contribution >= 0.6 is 0 Å². The van der Waals surface area contributed by atoms with E-state index in [0.29, 0.717) is 29.1 Å². The number of aliphatic imine (C=N–C) groups is 1. The highest BCUT2D eigenvalue weighted by molar-refractivity contribution is 6.01. The molecule has 5 heteroatoms. The molecule has 6 atom stereocenters. The molecule has 3 heterocycles. The lowest BCUT2D eigenvalue weighted by Crippen LogP contribution is -2.33. The summed E-state index contributed by atoms with van der Waals surface area (Å²) in [5.41, 5.74) is 6.36. The molecule has 5 aliphatic rings. The van der Waals surface area contributed by atoms with E-state index in [1.165, 1.54) is 32.1 Å². The average molecular weight is 463 g/mol. The van der Waals surface area contributed by atoms with Gasteiger partial charge in [-0.3, -0.25) is 4.99 Å². The number of hydrogen-bond donors (Lipinski definition) is 2. The molecule has 0 radical (unpaired) electrons. The lowest BCUT2D eigenvalue weighted by molar-refractivity contribution is 0.597. The number of aromatic nitrogens is 2. The highest BCUT2D eigenvalue weighted by Crippen LogP contribution is 2.57. The van der Waals surface area contributed by atoms with Gasteiger partial charge in [-0.15, -0.1) is 0 Å². The Morgan fingerprint density at radius 1 is 0.886 bits per heavy atom. The molecule has 35 heavy (non-hydrogen) atoms. The molecular formula is C30H27FN4. The van der Waals surface area contributed by atoms with E-state index < -0.39 is 0 Å². The maximum atomic E-state index is 15.0. The van der Waals surface area contributed by atoms with Crippen molar-refractivity contribution in [3.05, 3.63) is 70.9 Å². The first-order chi connectivity index (χ1) is 17.2. The van der Waals surface area contributed by atoms with Crippen molar-refractivity contribution in [2.24, 2.45) is 22.7 Å². The zero-order valence-electron chi connectivity index (χ0n) is 19.5. The largest absolute Gasteiger partial charge is 0.342 e. The van der Waals surface area contributed by atoms with Crippen LogP contribution in [0.15, 0.2) is 47.6 Å². The van der Waals surface area contributed by atoms with Crippen LogP contribution in [0.25, 0.3) is 16.6 Å². The second-order valence-electron chi connectivity index (χ2n) is 11.2. The van der Waals surface area contributed by atoms with E-state index in [-0.39, 0.29) is 5.82 Å². The summed E-state index contributed by atoms with van der Waals surface area (Å²) in [6.45, 7) is 0. The number of nitrogens with zero attached hydrogens (tertiary/aromatic N) is 2. The third-order valence-electron chi connectivity index (χ3n) is 8.83. The summed E-state index contributed by atoms with van der Waals surface area (Å²) in [6.07, 6.45) is 9.03. The van der Waals surface area contributed by atoms with Gasteiger partial charge in [0.25, 0.3) is 0 Å². The topological polar surface area (TPSA) is 53.1 Å². The number of imidazole rings is 1. The molecule has 1 unspecified atom stereocenters. The molecule has 2 aromatic carbocycles. The maximum absolute atomic E-state index is 15.0. The molecule has 2 N–H and O–H groups in total. The number of hydrogen-bond acceptors (Lipinski definition) is 3. The highest BCUT2D eigenvalue weighted by atomic mass is 19.1. The Kier molecular flexibility index (Phi) is 4.22. The monoisotopic (exact) mass is 462 g/mol. The first kappa shape index (κ1) is 20.0. The lowest BCUT2D eigenvalue weighted by atomic mass is 9.97. The fraction of sp³-hybridized carbons (Fsp3) is 0.400. The van der Waals surface area contributed by atoms with Gasteiger partial charge in [0.1, 0.15) is 11.6 Å². The maximum Gasteiger partial charge on any atom is 0.132 e. The van der Waals surface area contributed by atoms with Crippen LogP contribution in [0.1, 0.15) is 67.0 Å². The van der Waals surface area contributed by atoms with Gasteiger partial charge in [-0.1, -0.05) is 17.9 Å². The summed E-state index contributed by atoms with van der Waals surface area (Å²) in [5, 5.41) is 3.65. The zero-order chi connectivity index (χ0) is 23.1. The van der Waals surface area contributed by atoms with Crippen molar-refractivity contribution in [2.45, 2.75) is 56.5 Å². The molecule has 4 fully saturated rings. The molecule has 8 rings (SSSR count). The van der Waals surface area contributed by atoms with E-state index in [1.807, 2.05) is 30.5 Å². The molecule has 0 spiro atoms. The minimum absolute atomic E-state index is 0.231. The molecule has 3 aromatic rings. The molecule has 1 aromatic heterocycles. The number of allylic oxidation sites excluding steroid dienone is 1. The van der Waals surface area contributed by atoms with E-state index in [1.54, 1.807) is 6.07 Å². The first-order valence-corrected chi connectivity index (χ1v) is 13.0. The van der Waals surface area contributed by atoms with Gasteiger partial charge >= 0.3 is 0 Å². The summed E-state index contributed by atoms with van der Waals surface area (Å²) < 4.78 is 15.0. The predicted molar refractivity (Wildman–Crippen MR) is 136 cm³/mol. The number of rotatable bonds is 3. The van der Waals surface area contributed by atoms with Crippen LogP contribution in [0.4, 0.5) is 4.39 Å². The van der Waals surface area contributed by atoms with Gasteiger partial charge in [-0.25, -0.2) is 9.37 Å². The molecule has 0 amide bonds. The van der Waals surface area contributed by atoms with E-state index in [4.69, 9.17) is 4.98 Å². The van der Waals surface area contributed by atoms with Crippen molar-refractivity contribution >= 4 is 22.3 Å². The molecule has 3 saturated carbocycles. The smallest absolute Gasteiger partial charge is 0.132 e. The minimum Gasteiger partial charge on any atom is -0.342 e. The van der Waals surface area contributed by atoms with Crippen LogP contribution in [0.3, 0.4) is 0 Å². The van der Waals surface area contributed by atoms with Gasteiger partial charge in [0.2, 0.25) is 0 Å². The number of benzene rings is 2. The van der Waals surface area contributed by atoms with Crippen LogP contribution in [-0.2, 0) is 0 Å². The van der Waals surface area contributed by atoms with Crippen LogP contribution < -0.4 is 5.32 Å². The number of H-pyrrole nitrogens is 1. The molecule has 0 bridgehead atoms. The SMILES string of the molecule is Fc1cc(C#Cc2ccc3nc(C4C[C@@H]5C[C@@H]5C4)[nH]c3c2)ccc1C1=CN=C([C@@H]2C[C@H]3C[C@H]3N2)C1. The molecule has 3 aliphatic carbocycles. The number of fused-ring (bicyclic) bond motifs is 3. The van der Waals surface area contributed by atoms with Crippen molar-refractivity contribution in [2.75, 3.05) is 0 Å². The Hall–Kier alpha value is -3.23. The van der Waals surface area contributed by atoms with Crippen molar-refractivity contribution in [3.63, 3.8) is 0 Å². The Bertz CT molecular complexity index is 1480. The quantitative estimate of drug-likeness (QED) is 0.502. The third kappa shape index (κ3) is 3.54. The Morgan fingerprint density at radius 2 is 1.71 bits per heavy atom. The normalized spacial score (nSPS) is 32.0. The Labute approximate surface area is 204 Å². The van der Waals surface area contributed by atoms with Gasteiger partial charge < -0.3 is 10.3 Å². The van der Waals surface area contributed by atoms with Crippen LogP contribution in [0, 0.1) is 35.4 Å². The number of nitrogens with one attached hydrogen (secondary N) is 2. The van der Waals surface area contributed by atoms with Crippen molar-refractivity contribution in [3.8, 4) is 11.8 Å². The summed E-state index contributed by atoms with van der Waals surface area (Å²) in [5.74, 6) is 10.5. The van der Waals surface area contributed by atoms with E-state index in [2.05, 4.69) is 33.2 Å². The first-order valence-electron chi connectivity index (χ1n) is 13.0. The Morgan fingerprint density at radius 3 is 2.51 bits per heavy atom. The van der Waals surface area contributed by atoms with Crippen molar-refractivity contribution in [1.29, 1.82) is 0 Å². The molecule has 1 saturated heterocycles. The standard InChI is InChI=1S/C30H27FN4/c31-24-7-16(3-5-23(24)22-14-27(32-15-22)29-13-20-12-26(20)33-29)1-2-17-4-6-25-28(8-17)35-30(34-25)21-10-18-9-19(18)11-21/h3-8,15,18-21,26,29,33H,9-14H2,(H,34,35)/t18-,19+,20-,21?,26-,29+/m1/s1.